The Balaban J connectivity index is 1.32. The monoisotopic (exact) mass is 859 g/mol. The third-order valence-corrected chi connectivity index (χ3v) is 28.4. The SMILES string of the molecule is CC1(C)CC[Si](C)(C)c2cc([Si](c3cccc(-n4c5ccccc5c5ccccc54)c3)(c3ccc4c(c3)[Si](C)(C)CCC4(C)C)c3cccc4c3sc3ccccc34)ccc21. The molecule has 1 nitrogen and oxygen atoms in total. The number of thiophene rings is 1. The highest BCUT2D eigenvalue weighted by molar-refractivity contribution is 7.30. The van der Waals surface area contributed by atoms with E-state index in [1.54, 1.807) is 21.5 Å². The van der Waals surface area contributed by atoms with Crippen LogP contribution >= 0.6 is 11.3 Å². The first-order chi connectivity index (χ1) is 29.2. The van der Waals surface area contributed by atoms with Gasteiger partial charge in [0.25, 0.3) is 0 Å². The van der Waals surface area contributed by atoms with Crippen molar-refractivity contribution in [3.8, 4) is 5.69 Å². The maximum atomic E-state index is 2.79. The van der Waals surface area contributed by atoms with Gasteiger partial charge in [-0.15, -0.1) is 11.3 Å². The Morgan fingerprint density at radius 1 is 0.492 bits per heavy atom. The second kappa shape index (κ2) is 13.6. The van der Waals surface area contributed by atoms with Crippen molar-refractivity contribution in [2.24, 2.45) is 0 Å². The van der Waals surface area contributed by atoms with E-state index < -0.39 is 24.2 Å². The van der Waals surface area contributed by atoms with Gasteiger partial charge >= 0.3 is 0 Å². The Morgan fingerprint density at radius 3 is 1.57 bits per heavy atom. The molecular formula is C56H57NSSi3. The summed E-state index contributed by atoms with van der Waals surface area (Å²) < 4.78 is 5.35. The molecule has 304 valence electrons. The molecule has 4 heterocycles. The fraction of sp³-hybridized carbons (Fsp3) is 0.250. The maximum absolute atomic E-state index is 3.10. The van der Waals surface area contributed by atoms with Crippen LogP contribution in [0.15, 0.2) is 152 Å². The van der Waals surface area contributed by atoms with Gasteiger partial charge in [-0.05, 0) is 85.9 Å². The molecule has 0 N–H and O–H groups in total. The summed E-state index contributed by atoms with van der Waals surface area (Å²) >= 11 is 2.01. The lowest BCUT2D eigenvalue weighted by molar-refractivity contribution is 0.498. The third-order valence-electron chi connectivity index (χ3n) is 15.5. The van der Waals surface area contributed by atoms with Crippen molar-refractivity contribution < 1.29 is 0 Å². The number of rotatable bonds is 5. The maximum Gasteiger partial charge on any atom is 0.181 e. The van der Waals surface area contributed by atoms with Crippen molar-refractivity contribution in [2.45, 2.75) is 89.6 Å². The molecule has 0 amide bonds. The Kier molecular flexibility index (Phi) is 8.72. The van der Waals surface area contributed by atoms with E-state index in [9.17, 15) is 0 Å². The van der Waals surface area contributed by atoms with Crippen LogP contribution in [0.4, 0.5) is 0 Å². The van der Waals surface area contributed by atoms with Gasteiger partial charge in [0.1, 0.15) is 0 Å². The molecule has 2 aliphatic rings. The molecule has 0 saturated heterocycles. The molecule has 0 bridgehead atoms. The fourth-order valence-corrected chi connectivity index (χ4v) is 25.0. The van der Waals surface area contributed by atoms with Gasteiger partial charge in [0, 0.05) is 36.6 Å². The largest absolute Gasteiger partial charge is 0.309 e. The molecule has 0 fully saturated rings. The zero-order valence-corrected chi connectivity index (χ0v) is 40.9. The van der Waals surface area contributed by atoms with Crippen molar-refractivity contribution in [3.05, 3.63) is 163 Å². The van der Waals surface area contributed by atoms with Crippen LogP contribution in [0.3, 0.4) is 0 Å². The Hall–Kier alpha value is -4.79. The second-order valence-electron chi connectivity index (χ2n) is 21.0. The van der Waals surface area contributed by atoms with E-state index in [0.29, 0.717) is 0 Å². The first-order valence-corrected chi connectivity index (χ1v) is 31.7. The van der Waals surface area contributed by atoms with Crippen LogP contribution in [-0.4, -0.2) is 28.8 Å². The molecule has 0 aliphatic carbocycles. The average molecular weight is 860 g/mol. The number of nitrogens with zero attached hydrogens (tertiary/aromatic N) is 1. The number of aromatic nitrogens is 1. The van der Waals surface area contributed by atoms with Gasteiger partial charge in [0.2, 0.25) is 0 Å². The number of hydrogen-bond acceptors (Lipinski definition) is 1. The predicted octanol–water partition coefficient (Wildman–Crippen LogP) is 11.7. The molecule has 61 heavy (non-hydrogen) atoms. The fourth-order valence-electron chi connectivity index (χ4n) is 11.7. The van der Waals surface area contributed by atoms with E-state index in [1.807, 2.05) is 11.3 Å². The Bertz CT molecular complexity index is 3100. The van der Waals surface area contributed by atoms with Crippen LogP contribution in [0.25, 0.3) is 47.7 Å². The van der Waals surface area contributed by atoms with Gasteiger partial charge in [-0.3, -0.25) is 0 Å². The van der Waals surface area contributed by atoms with E-state index in [0.717, 1.165) is 0 Å². The zero-order valence-electron chi connectivity index (χ0n) is 37.1. The van der Waals surface area contributed by atoms with Gasteiger partial charge in [-0.2, -0.15) is 0 Å². The van der Waals surface area contributed by atoms with Gasteiger partial charge in [0.15, 0.2) is 8.07 Å². The normalized spacial score (nSPS) is 17.8. The summed E-state index contributed by atoms with van der Waals surface area (Å²) in [4.78, 5) is 0. The Labute approximate surface area is 369 Å². The van der Waals surface area contributed by atoms with Crippen LogP contribution in [-0.2, 0) is 10.8 Å². The van der Waals surface area contributed by atoms with Crippen LogP contribution in [0.1, 0.15) is 51.7 Å². The van der Waals surface area contributed by atoms with Gasteiger partial charge < -0.3 is 4.57 Å². The van der Waals surface area contributed by atoms with Gasteiger partial charge in [0.05, 0.1) is 27.2 Å². The summed E-state index contributed by atoms with van der Waals surface area (Å²) in [6, 6.07) is 62.9. The van der Waals surface area contributed by atoms with Crippen molar-refractivity contribution in [2.75, 3.05) is 0 Å². The summed E-state index contributed by atoms with van der Waals surface area (Å²) in [6.07, 6.45) is 2.53. The first kappa shape index (κ1) is 39.1. The summed E-state index contributed by atoms with van der Waals surface area (Å²) in [6.45, 7) is 20.5. The number of para-hydroxylation sites is 2. The summed E-state index contributed by atoms with van der Waals surface area (Å²) in [5, 5.41) is 14.8. The number of fused-ring (bicyclic) bond motifs is 8. The summed E-state index contributed by atoms with van der Waals surface area (Å²) in [5.74, 6) is 0. The van der Waals surface area contributed by atoms with Crippen molar-refractivity contribution in [1.29, 1.82) is 0 Å². The smallest absolute Gasteiger partial charge is 0.181 e. The zero-order chi connectivity index (χ0) is 42.1. The highest BCUT2D eigenvalue weighted by Crippen LogP contribution is 2.40. The minimum Gasteiger partial charge on any atom is -0.309 e. The van der Waals surface area contributed by atoms with Gasteiger partial charge in [-0.25, -0.2) is 0 Å². The molecule has 9 aromatic rings. The molecule has 0 radical (unpaired) electrons. The van der Waals surface area contributed by atoms with Crippen molar-refractivity contribution >= 4 is 109 Å². The van der Waals surface area contributed by atoms with Crippen molar-refractivity contribution in [1.82, 2.24) is 4.57 Å². The molecule has 2 aromatic heterocycles. The van der Waals surface area contributed by atoms with Crippen molar-refractivity contribution in [3.63, 3.8) is 0 Å². The molecule has 0 atom stereocenters. The lowest BCUT2D eigenvalue weighted by Crippen LogP contribution is -2.76. The molecule has 2 aliphatic heterocycles. The topological polar surface area (TPSA) is 4.93 Å². The summed E-state index contributed by atoms with van der Waals surface area (Å²) in [5.41, 5.74) is 7.24. The molecule has 0 saturated carbocycles. The third kappa shape index (κ3) is 5.80. The molecule has 5 heteroatoms. The molecule has 0 spiro atoms. The van der Waals surface area contributed by atoms with Gasteiger partial charge in [-0.1, -0.05) is 198 Å². The average Bonchev–Trinajstić information content (AvgIpc) is 3.81. The highest BCUT2D eigenvalue weighted by Gasteiger charge is 2.48. The highest BCUT2D eigenvalue weighted by atomic mass is 32.1. The summed E-state index contributed by atoms with van der Waals surface area (Å²) in [7, 11) is -6.59. The lowest BCUT2D eigenvalue weighted by atomic mass is 9.81. The molecule has 11 rings (SSSR count). The predicted molar refractivity (Wildman–Crippen MR) is 276 cm³/mol. The van der Waals surface area contributed by atoms with E-state index in [-0.39, 0.29) is 10.8 Å². The Morgan fingerprint density at radius 2 is 0.984 bits per heavy atom. The lowest BCUT2D eigenvalue weighted by Gasteiger charge is -2.44. The standard InChI is InChI=1S/C56H57NSSi3/c1-55(2)31-33-59(5,6)52-36-40(27-29-46(52)55)61(41-28-30-47-53(37-41)60(7,8)34-32-56(47,3)4,51-26-16-22-45-44-21-11-14-25-50(44)58-54(45)51)39-18-15-17-38(35-39)57-48-23-12-9-19-42(48)43-20-10-13-24-49(43)57/h9-30,35-37H,31-34H2,1-8H3. The number of benzene rings is 7. The van der Waals surface area contributed by atoms with Crippen LogP contribution in [0.2, 0.25) is 38.3 Å². The first-order valence-electron chi connectivity index (χ1n) is 22.5. The second-order valence-corrected chi connectivity index (χ2v) is 35.4. The van der Waals surface area contributed by atoms with Crippen LogP contribution in [0, 0.1) is 0 Å². The minimum atomic E-state index is -3.10. The van der Waals surface area contributed by atoms with E-state index in [1.165, 1.54) is 93.3 Å². The molecule has 0 unspecified atom stereocenters. The van der Waals surface area contributed by atoms with Crippen LogP contribution < -0.4 is 31.1 Å². The minimum absolute atomic E-state index is 0.162. The molecular weight excluding hydrogens is 803 g/mol. The van der Waals surface area contributed by atoms with E-state index in [2.05, 4.69) is 210 Å². The quantitative estimate of drug-likeness (QED) is 0.120. The van der Waals surface area contributed by atoms with E-state index >= 15 is 0 Å². The van der Waals surface area contributed by atoms with E-state index in [4.69, 9.17) is 0 Å². The van der Waals surface area contributed by atoms with Crippen LogP contribution in [0.5, 0.6) is 0 Å². The molecule has 7 aromatic carbocycles. The number of hydrogen-bond donors (Lipinski definition) is 0.